The predicted octanol–water partition coefficient (Wildman–Crippen LogP) is 6.10. The summed E-state index contributed by atoms with van der Waals surface area (Å²) in [4.78, 5) is 8.73. The molecule has 0 fully saturated rings. The minimum Gasteiger partial charge on any atom is -0.220 e. The van der Waals surface area contributed by atoms with Crippen molar-refractivity contribution in [3.8, 4) is 11.1 Å². The SMILES string of the molecule is CC(C)CSCc1nc(Cl)c(-c2ccc(Br)cc2)c(Cl)n1. The number of aromatic nitrogens is 2. The van der Waals surface area contributed by atoms with Gasteiger partial charge in [-0.25, -0.2) is 9.97 Å². The van der Waals surface area contributed by atoms with Gasteiger partial charge in [-0.1, -0.05) is 65.1 Å². The molecule has 0 radical (unpaired) electrons. The number of nitrogens with zero attached hydrogens (tertiary/aromatic N) is 2. The molecule has 1 aromatic heterocycles. The van der Waals surface area contributed by atoms with Gasteiger partial charge in [0.25, 0.3) is 0 Å². The Labute approximate surface area is 147 Å². The fourth-order valence-corrected chi connectivity index (χ4v) is 3.56. The monoisotopic (exact) mass is 404 g/mol. The van der Waals surface area contributed by atoms with Crippen LogP contribution in [0.25, 0.3) is 11.1 Å². The van der Waals surface area contributed by atoms with E-state index in [-0.39, 0.29) is 0 Å². The molecule has 0 spiro atoms. The van der Waals surface area contributed by atoms with Crippen molar-refractivity contribution >= 4 is 50.9 Å². The average Bonchev–Trinajstić information content (AvgIpc) is 2.40. The average molecular weight is 406 g/mol. The molecule has 6 heteroatoms. The summed E-state index contributed by atoms with van der Waals surface area (Å²) in [5.41, 5.74) is 1.60. The third-order valence-electron chi connectivity index (χ3n) is 2.68. The first-order valence-electron chi connectivity index (χ1n) is 6.53. The first kappa shape index (κ1) is 17.1. The molecule has 0 bridgehead atoms. The van der Waals surface area contributed by atoms with Crippen LogP contribution in [0.1, 0.15) is 19.7 Å². The molecule has 1 aromatic carbocycles. The van der Waals surface area contributed by atoms with Crippen LogP contribution in [0.15, 0.2) is 28.7 Å². The first-order valence-corrected chi connectivity index (χ1v) is 9.23. The minimum atomic E-state index is 0.400. The Hall–Kier alpha value is -0.290. The molecule has 1 heterocycles. The van der Waals surface area contributed by atoms with Gasteiger partial charge in [0.1, 0.15) is 16.1 Å². The van der Waals surface area contributed by atoms with E-state index in [0.717, 1.165) is 21.5 Å². The highest BCUT2D eigenvalue weighted by atomic mass is 79.9. The Balaban J connectivity index is 2.23. The number of halogens is 3. The normalized spacial score (nSPS) is 11.1. The van der Waals surface area contributed by atoms with Gasteiger partial charge in [0, 0.05) is 4.47 Å². The second-order valence-corrected chi connectivity index (χ2v) is 7.67. The molecule has 0 unspecified atom stereocenters. The molecule has 0 atom stereocenters. The third-order valence-corrected chi connectivity index (χ3v) is 5.12. The number of thioether (sulfide) groups is 1. The lowest BCUT2D eigenvalue weighted by Crippen LogP contribution is -1.99. The molecule has 0 aliphatic carbocycles. The van der Waals surface area contributed by atoms with Crippen LogP contribution in [0.4, 0.5) is 0 Å². The predicted molar refractivity (Wildman–Crippen MR) is 96.2 cm³/mol. The molecule has 0 amide bonds. The summed E-state index contributed by atoms with van der Waals surface area (Å²) in [5, 5.41) is 0.801. The van der Waals surface area contributed by atoms with Crippen molar-refractivity contribution in [1.82, 2.24) is 9.97 Å². The van der Waals surface area contributed by atoms with Crippen LogP contribution in [0.2, 0.25) is 10.3 Å². The quantitative estimate of drug-likeness (QED) is 0.561. The first-order chi connectivity index (χ1) is 9.97. The maximum absolute atomic E-state index is 6.29. The Morgan fingerprint density at radius 3 is 2.19 bits per heavy atom. The van der Waals surface area contributed by atoms with E-state index in [0.29, 0.717) is 27.6 Å². The summed E-state index contributed by atoms with van der Waals surface area (Å²) in [6.07, 6.45) is 0. The highest BCUT2D eigenvalue weighted by Crippen LogP contribution is 2.33. The summed E-state index contributed by atoms with van der Waals surface area (Å²) in [5.74, 6) is 3.10. The van der Waals surface area contributed by atoms with Gasteiger partial charge in [0.15, 0.2) is 0 Å². The van der Waals surface area contributed by atoms with Gasteiger partial charge in [-0.05, 0) is 29.4 Å². The summed E-state index contributed by atoms with van der Waals surface area (Å²) < 4.78 is 1.00. The van der Waals surface area contributed by atoms with E-state index in [2.05, 4.69) is 39.7 Å². The van der Waals surface area contributed by atoms with Crippen LogP contribution in [0.3, 0.4) is 0 Å². The van der Waals surface area contributed by atoms with Crippen LogP contribution < -0.4 is 0 Å². The summed E-state index contributed by atoms with van der Waals surface area (Å²) in [6, 6.07) is 7.75. The van der Waals surface area contributed by atoms with Gasteiger partial charge < -0.3 is 0 Å². The highest BCUT2D eigenvalue weighted by Gasteiger charge is 2.13. The number of hydrogen-bond donors (Lipinski definition) is 0. The maximum Gasteiger partial charge on any atom is 0.142 e. The second-order valence-electron chi connectivity index (χ2n) is 5.01. The molecule has 21 heavy (non-hydrogen) atoms. The Morgan fingerprint density at radius 2 is 1.67 bits per heavy atom. The summed E-state index contributed by atoms with van der Waals surface area (Å²) in [7, 11) is 0. The number of benzene rings is 1. The largest absolute Gasteiger partial charge is 0.220 e. The van der Waals surface area contributed by atoms with Crippen molar-refractivity contribution in [2.75, 3.05) is 5.75 Å². The lowest BCUT2D eigenvalue weighted by Gasteiger charge is -2.09. The molecular weight excluding hydrogens is 391 g/mol. The molecule has 0 saturated carbocycles. The van der Waals surface area contributed by atoms with E-state index in [1.54, 1.807) is 11.8 Å². The van der Waals surface area contributed by atoms with Crippen LogP contribution in [-0.4, -0.2) is 15.7 Å². The van der Waals surface area contributed by atoms with Gasteiger partial charge >= 0.3 is 0 Å². The molecular formula is C15H15BrCl2N2S. The van der Waals surface area contributed by atoms with Crippen molar-refractivity contribution in [3.05, 3.63) is 44.9 Å². The lowest BCUT2D eigenvalue weighted by molar-refractivity contribution is 0.750. The van der Waals surface area contributed by atoms with Crippen molar-refractivity contribution in [3.63, 3.8) is 0 Å². The zero-order chi connectivity index (χ0) is 15.4. The molecule has 2 nitrogen and oxygen atoms in total. The van der Waals surface area contributed by atoms with E-state index in [1.807, 2.05) is 24.3 Å². The van der Waals surface area contributed by atoms with Crippen LogP contribution >= 0.6 is 50.9 Å². The molecule has 112 valence electrons. The van der Waals surface area contributed by atoms with Gasteiger partial charge in [0.2, 0.25) is 0 Å². The lowest BCUT2D eigenvalue weighted by atomic mass is 10.1. The molecule has 2 aromatic rings. The molecule has 0 aliphatic rings. The third kappa shape index (κ3) is 4.85. The van der Waals surface area contributed by atoms with Gasteiger partial charge in [-0.2, -0.15) is 11.8 Å². The molecule has 2 rings (SSSR count). The Kier molecular flexibility index (Phi) is 6.35. The minimum absolute atomic E-state index is 0.400. The van der Waals surface area contributed by atoms with E-state index in [9.17, 15) is 0 Å². The molecule has 0 saturated heterocycles. The topological polar surface area (TPSA) is 25.8 Å². The van der Waals surface area contributed by atoms with Crippen LogP contribution in [0, 0.1) is 5.92 Å². The van der Waals surface area contributed by atoms with E-state index >= 15 is 0 Å². The fourth-order valence-electron chi connectivity index (χ4n) is 1.75. The van der Waals surface area contributed by atoms with Crippen LogP contribution in [0.5, 0.6) is 0 Å². The second kappa shape index (κ2) is 7.82. The standard InChI is InChI=1S/C15H15BrCl2N2S/c1-9(2)7-21-8-12-19-14(17)13(15(18)20-12)10-3-5-11(16)6-4-10/h3-6,9H,7-8H2,1-2H3. The van der Waals surface area contributed by atoms with E-state index < -0.39 is 0 Å². The number of rotatable bonds is 5. The van der Waals surface area contributed by atoms with Gasteiger partial charge in [-0.15, -0.1) is 0 Å². The zero-order valence-corrected chi connectivity index (χ0v) is 15.7. The maximum atomic E-state index is 6.29. The van der Waals surface area contributed by atoms with Gasteiger partial charge in [-0.3, -0.25) is 0 Å². The molecule has 0 N–H and O–H groups in total. The smallest absolute Gasteiger partial charge is 0.142 e. The summed E-state index contributed by atoms with van der Waals surface area (Å²) >= 11 is 17.8. The Morgan fingerprint density at radius 1 is 1.10 bits per heavy atom. The highest BCUT2D eigenvalue weighted by molar-refractivity contribution is 9.10. The van der Waals surface area contributed by atoms with Crippen molar-refractivity contribution in [2.24, 2.45) is 5.92 Å². The Bertz CT molecular complexity index is 595. The zero-order valence-electron chi connectivity index (χ0n) is 11.7. The van der Waals surface area contributed by atoms with E-state index in [1.165, 1.54) is 0 Å². The van der Waals surface area contributed by atoms with Gasteiger partial charge in [0.05, 0.1) is 11.3 Å². The van der Waals surface area contributed by atoms with Crippen LogP contribution in [-0.2, 0) is 5.75 Å². The number of hydrogen-bond acceptors (Lipinski definition) is 3. The van der Waals surface area contributed by atoms with Crippen molar-refractivity contribution in [2.45, 2.75) is 19.6 Å². The van der Waals surface area contributed by atoms with Crippen molar-refractivity contribution < 1.29 is 0 Å². The van der Waals surface area contributed by atoms with Crippen molar-refractivity contribution in [1.29, 1.82) is 0 Å². The molecule has 0 aliphatic heterocycles. The fraction of sp³-hybridized carbons (Fsp3) is 0.333. The van der Waals surface area contributed by atoms with E-state index in [4.69, 9.17) is 23.2 Å². The summed E-state index contributed by atoms with van der Waals surface area (Å²) in [6.45, 7) is 4.37.